The molecule has 1 rings (SSSR count). The highest BCUT2D eigenvalue weighted by molar-refractivity contribution is 7.89. The van der Waals surface area contributed by atoms with Gasteiger partial charge in [-0.05, 0) is 12.1 Å². The van der Waals surface area contributed by atoms with E-state index in [-0.39, 0.29) is 11.4 Å². The smallest absolute Gasteiger partial charge is 0.239 e. The van der Waals surface area contributed by atoms with E-state index in [0.717, 1.165) is 0 Å². The Morgan fingerprint density at radius 3 is 2.69 bits per heavy atom. The fourth-order valence-electron chi connectivity index (χ4n) is 0.912. The van der Waals surface area contributed by atoms with Crippen LogP contribution in [0.3, 0.4) is 0 Å². The van der Waals surface area contributed by atoms with Gasteiger partial charge in [-0.15, -0.1) is 0 Å². The average molecular weight is 196 g/mol. The number of hydrogen-bond acceptors (Lipinski definition) is 2. The van der Waals surface area contributed by atoms with Gasteiger partial charge in [0.05, 0.1) is 4.90 Å². The molecule has 0 saturated carbocycles. The van der Waals surface area contributed by atoms with E-state index in [4.69, 9.17) is 11.7 Å². The number of nitrogens with zero attached hydrogens (tertiary/aromatic N) is 1. The summed E-state index contributed by atoms with van der Waals surface area (Å²) in [4.78, 5) is 3.19. The van der Waals surface area contributed by atoms with Crippen molar-refractivity contribution in [2.24, 2.45) is 5.14 Å². The van der Waals surface area contributed by atoms with Gasteiger partial charge in [0.2, 0.25) is 16.6 Å². The molecule has 0 amide bonds. The molecule has 0 radical (unpaired) electrons. The molecule has 0 saturated heterocycles. The Kier molecular flexibility index (Phi) is 2.66. The van der Waals surface area contributed by atoms with E-state index in [0.29, 0.717) is 5.56 Å². The normalized spacial score (nSPS) is 10.8. The minimum atomic E-state index is -3.65. The van der Waals surface area contributed by atoms with Crippen molar-refractivity contribution < 1.29 is 8.42 Å². The monoisotopic (exact) mass is 196 g/mol. The molecular weight excluding hydrogens is 188 g/mol. The number of hydrogen-bond donors (Lipinski definition) is 1. The van der Waals surface area contributed by atoms with Crippen molar-refractivity contribution in [1.82, 2.24) is 0 Å². The molecule has 0 spiro atoms. The van der Waals surface area contributed by atoms with Gasteiger partial charge in [0.25, 0.3) is 0 Å². The minimum Gasteiger partial charge on any atom is -0.312 e. The Labute approximate surface area is 76.9 Å². The van der Waals surface area contributed by atoms with Crippen LogP contribution in [0.4, 0.5) is 0 Å². The quantitative estimate of drug-likeness (QED) is 0.709. The lowest BCUT2D eigenvalue weighted by atomic mass is 10.2. The third-order valence-electron chi connectivity index (χ3n) is 1.49. The molecule has 0 fully saturated rings. The van der Waals surface area contributed by atoms with Crippen molar-refractivity contribution in [3.63, 3.8) is 0 Å². The summed E-state index contributed by atoms with van der Waals surface area (Å²) < 4.78 is 21.8. The summed E-state index contributed by atoms with van der Waals surface area (Å²) in [5, 5.41) is 4.92. The highest BCUT2D eigenvalue weighted by Crippen LogP contribution is 2.10. The second-order valence-electron chi connectivity index (χ2n) is 2.51. The van der Waals surface area contributed by atoms with Crippen molar-refractivity contribution >= 4 is 10.0 Å². The highest BCUT2D eigenvalue weighted by atomic mass is 32.2. The Bertz CT molecular complexity index is 445. The highest BCUT2D eigenvalue weighted by Gasteiger charge is 2.08. The maximum Gasteiger partial charge on any atom is 0.239 e. The van der Waals surface area contributed by atoms with Gasteiger partial charge in [-0.2, -0.15) is 0 Å². The van der Waals surface area contributed by atoms with E-state index >= 15 is 0 Å². The predicted molar refractivity (Wildman–Crippen MR) is 48.1 cm³/mol. The summed E-state index contributed by atoms with van der Waals surface area (Å²) >= 11 is 0. The maximum absolute atomic E-state index is 10.9. The zero-order valence-corrected chi connectivity index (χ0v) is 7.58. The third kappa shape index (κ3) is 2.54. The fraction of sp³-hybridized carbons (Fsp3) is 0.125. The van der Waals surface area contributed by atoms with Crippen molar-refractivity contribution in [3.05, 3.63) is 41.2 Å². The first-order chi connectivity index (χ1) is 6.04. The third-order valence-corrected chi connectivity index (χ3v) is 2.40. The van der Waals surface area contributed by atoms with Gasteiger partial charge in [0.15, 0.2) is 0 Å². The molecule has 0 heterocycles. The van der Waals surface area contributed by atoms with Gasteiger partial charge in [-0.25, -0.2) is 20.1 Å². The average Bonchev–Trinajstić information content (AvgIpc) is 2.04. The lowest BCUT2D eigenvalue weighted by molar-refractivity contribution is 0.597. The number of primary sulfonamides is 1. The number of nitrogens with two attached hydrogens (primary N) is 1. The second kappa shape index (κ2) is 3.56. The van der Waals surface area contributed by atoms with Crippen LogP contribution in [0, 0.1) is 6.57 Å². The van der Waals surface area contributed by atoms with Crippen LogP contribution in [0.5, 0.6) is 0 Å². The SMILES string of the molecule is [C-]#[N+]Cc1cccc(S(N)(=O)=O)c1. The molecule has 68 valence electrons. The first-order valence-electron chi connectivity index (χ1n) is 3.49. The molecule has 13 heavy (non-hydrogen) atoms. The molecule has 0 unspecified atom stereocenters. The number of sulfonamides is 1. The van der Waals surface area contributed by atoms with Crippen LogP contribution in [0.2, 0.25) is 0 Å². The lowest BCUT2D eigenvalue weighted by Crippen LogP contribution is -2.12. The van der Waals surface area contributed by atoms with Gasteiger partial charge >= 0.3 is 0 Å². The summed E-state index contributed by atoms with van der Waals surface area (Å²) in [6, 6.07) is 6.07. The second-order valence-corrected chi connectivity index (χ2v) is 4.07. The number of benzene rings is 1. The molecule has 0 aromatic heterocycles. The van der Waals surface area contributed by atoms with E-state index < -0.39 is 10.0 Å². The van der Waals surface area contributed by atoms with Crippen molar-refractivity contribution in [2.45, 2.75) is 11.4 Å². The molecule has 1 aromatic carbocycles. The molecule has 0 aliphatic heterocycles. The molecular formula is C8H8N2O2S. The van der Waals surface area contributed by atoms with Gasteiger partial charge in [-0.1, -0.05) is 12.1 Å². The standard InChI is InChI=1S/C8H8N2O2S/c1-10-6-7-3-2-4-8(5-7)13(9,11)12/h2-5H,6H2,(H2,9,11,12). The minimum absolute atomic E-state index is 0.0497. The van der Waals surface area contributed by atoms with Crippen molar-refractivity contribution in [1.29, 1.82) is 0 Å². The predicted octanol–water partition coefficient (Wildman–Crippen LogP) is 0.753. The molecule has 5 heteroatoms. The van der Waals surface area contributed by atoms with E-state index in [1.807, 2.05) is 0 Å². The van der Waals surface area contributed by atoms with Crippen molar-refractivity contribution in [3.8, 4) is 0 Å². The van der Waals surface area contributed by atoms with E-state index in [2.05, 4.69) is 4.85 Å². The topological polar surface area (TPSA) is 64.5 Å². The summed E-state index contributed by atoms with van der Waals surface area (Å²) in [5.41, 5.74) is 0.654. The largest absolute Gasteiger partial charge is 0.312 e. The molecule has 0 aliphatic rings. The Morgan fingerprint density at radius 1 is 1.46 bits per heavy atom. The van der Waals surface area contributed by atoms with Gasteiger partial charge in [0, 0.05) is 5.56 Å². The zero-order valence-electron chi connectivity index (χ0n) is 6.77. The number of rotatable bonds is 2. The van der Waals surface area contributed by atoms with Crippen LogP contribution in [0.15, 0.2) is 29.2 Å². The summed E-state index contributed by atoms with van der Waals surface area (Å²) in [7, 11) is -3.65. The lowest BCUT2D eigenvalue weighted by Gasteiger charge is -1.97. The maximum atomic E-state index is 10.9. The van der Waals surface area contributed by atoms with Crippen LogP contribution in [-0.2, 0) is 16.6 Å². The van der Waals surface area contributed by atoms with Crippen LogP contribution < -0.4 is 5.14 Å². The molecule has 0 atom stereocenters. The van der Waals surface area contributed by atoms with Crippen LogP contribution in [0.1, 0.15) is 5.56 Å². The fourth-order valence-corrected chi connectivity index (χ4v) is 1.50. The first-order valence-corrected chi connectivity index (χ1v) is 5.03. The van der Waals surface area contributed by atoms with Gasteiger partial charge < -0.3 is 4.85 Å². The zero-order chi connectivity index (χ0) is 9.90. The Morgan fingerprint density at radius 2 is 2.15 bits per heavy atom. The Balaban J connectivity index is 3.15. The van der Waals surface area contributed by atoms with Crippen LogP contribution >= 0.6 is 0 Å². The van der Waals surface area contributed by atoms with E-state index in [1.54, 1.807) is 12.1 Å². The summed E-state index contributed by atoms with van der Waals surface area (Å²) in [5.74, 6) is 0. The Hall–Kier alpha value is -1.38. The van der Waals surface area contributed by atoms with E-state index in [9.17, 15) is 8.42 Å². The van der Waals surface area contributed by atoms with E-state index in [1.165, 1.54) is 12.1 Å². The molecule has 1 aromatic rings. The first kappa shape index (κ1) is 9.71. The molecule has 4 nitrogen and oxygen atoms in total. The van der Waals surface area contributed by atoms with Gasteiger partial charge in [0.1, 0.15) is 0 Å². The molecule has 0 aliphatic carbocycles. The van der Waals surface area contributed by atoms with Crippen LogP contribution in [0.25, 0.3) is 4.85 Å². The molecule has 2 N–H and O–H groups in total. The van der Waals surface area contributed by atoms with Crippen LogP contribution in [-0.4, -0.2) is 8.42 Å². The van der Waals surface area contributed by atoms with Crippen molar-refractivity contribution in [2.75, 3.05) is 0 Å². The molecule has 0 bridgehead atoms. The van der Waals surface area contributed by atoms with Gasteiger partial charge in [-0.3, -0.25) is 0 Å². The summed E-state index contributed by atoms with van der Waals surface area (Å²) in [6.07, 6.45) is 0. The summed E-state index contributed by atoms with van der Waals surface area (Å²) in [6.45, 7) is 6.78.